The smallest absolute Gasteiger partial charge is 0.0679 e. The van der Waals surface area contributed by atoms with E-state index in [1.165, 1.54) is 5.56 Å². The number of aliphatic hydroxyl groups is 1. The Morgan fingerprint density at radius 1 is 1.20 bits per heavy atom. The van der Waals surface area contributed by atoms with Gasteiger partial charge in [-0.15, -0.1) is 0 Å². The third-order valence-corrected chi connectivity index (χ3v) is 3.62. The fourth-order valence-electron chi connectivity index (χ4n) is 2.57. The molecule has 0 spiro atoms. The minimum absolute atomic E-state index is 0.171. The number of nitrogens with zero attached hydrogens (tertiary/aromatic N) is 2. The normalized spacial score (nSPS) is 19.1. The van der Waals surface area contributed by atoms with Crippen molar-refractivity contribution in [2.75, 3.05) is 18.4 Å². The van der Waals surface area contributed by atoms with Gasteiger partial charge >= 0.3 is 0 Å². The molecule has 1 atom stereocenters. The van der Waals surface area contributed by atoms with Gasteiger partial charge in [0.1, 0.15) is 0 Å². The van der Waals surface area contributed by atoms with Gasteiger partial charge in [0.05, 0.1) is 6.10 Å². The number of para-hydroxylation sites is 1. The molecule has 4 heteroatoms. The van der Waals surface area contributed by atoms with Crippen LogP contribution < -0.4 is 5.32 Å². The molecule has 3 rings (SSSR count). The van der Waals surface area contributed by atoms with Gasteiger partial charge in [0, 0.05) is 43.4 Å². The molecule has 4 nitrogen and oxygen atoms in total. The Bertz CT molecular complexity index is 559. The van der Waals surface area contributed by atoms with Crippen molar-refractivity contribution in [2.24, 2.45) is 0 Å². The summed E-state index contributed by atoms with van der Waals surface area (Å²) in [7, 11) is 0. The lowest BCUT2D eigenvalue weighted by molar-refractivity contribution is 0.175. The van der Waals surface area contributed by atoms with E-state index in [9.17, 15) is 5.11 Å². The van der Waals surface area contributed by atoms with E-state index in [4.69, 9.17) is 0 Å². The number of aromatic nitrogens is 1. The molecule has 104 valence electrons. The van der Waals surface area contributed by atoms with E-state index >= 15 is 0 Å². The molecular formula is C16H19N3O. The van der Waals surface area contributed by atoms with Crippen LogP contribution in [0.15, 0.2) is 48.8 Å². The van der Waals surface area contributed by atoms with Crippen LogP contribution in [-0.4, -0.2) is 34.2 Å². The summed E-state index contributed by atoms with van der Waals surface area (Å²) in [4.78, 5) is 6.31. The highest BCUT2D eigenvalue weighted by atomic mass is 16.3. The maximum Gasteiger partial charge on any atom is 0.0679 e. The summed E-state index contributed by atoms with van der Waals surface area (Å²) in [6.45, 7) is 2.60. The van der Waals surface area contributed by atoms with E-state index in [0.29, 0.717) is 0 Å². The third kappa shape index (κ3) is 3.15. The van der Waals surface area contributed by atoms with Crippen LogP contribution in [-0.2, 0) is 6.54 Å². The number of rotatable bonds is 4. The summed E-state index contributed by atoms with van der Waals surface area (Å²) < 4.78 is 0. The van der Waals surface area contributed by atoms with E-state index in [-0.39, 0.29) is 6.10 Å². The quantitative estimate of drug-likeness (QED) is 0.895. The second-order valence-corrected chi connectivity index (χ2v) is 5.20. The van der Waals surface area contributed by atoms with Crippen LogP contribution in [0.5, 0.6) is 0 Å². The maximum absolute atomic E-state index is 9.62. The summed E-state index contributed by atoms with van der Waals surface area (Å²) in [5, 5.41) is 13.0. The van der Waals surface area contributed by atoms with Gasteiger partial charge in [-0.3, -0.25) is 9.88 Å². The molecule has 0 amide bonds. The zero-order valence-electron chi connectivity index (χ0n) is 11.4. The average Bonchev–Trinajstić information content (AvgIpc) is 2.88. The summed E-state index contributed by atoms with van der Waals surface area (Å²) in [6, 6.07) is 12.2. The second kappa shape index (κ2) is 6.03. The predicted octanol–water partition coefficient (Wildman–Crippen LogP) is 2.39. The number of benzene rings is 1. The van der Waals surface area contributed by atoms with E-state index in [1.54, 1.807) is 12.4 Å². The van der Waals surface area contributed by atoms with E-state index in [2.05, 4.69) is 33.4 Å². The van der Waals surface area contributed by atoms with Crippen molar-refractivity contribution in [3.8, 4) is 0 Å². The molecule has 0 aliphatic carbocycles. The highest BCUT2D eigenvalue weighted by Crippen LogP contribution is 2.23. The number of aliphatic hydroxyl groups excluding tert-OH is 1. The first-order chi connectivity index (χ1) is 9.81. The summed E-state index contributed by atoms with van der Waals surface area (Å²) in [6.07, 6.45) is 4.26. The Morgan fingerprint density at radius 3 is 2.75 bits per heavy atom. The molecule has 0 radical (unpaired) electrons. The molecular weight excluding hydrogens is 250 g/mol. The van der Waals surface area contributed by atoms with Crippen molar-refractivity contribution in [3.05, 3.63) is 54.4 Å². The molecule has 1 fully saturated rings. The van der Waals surface area contributed by atoms with Gasteiger partial charge in [-0.25, -0.2) is 0 Å². The molecule has 0 bridgehead atoms. The number of hydrogen-bond acceptors (Lipinski definition) is 4. The van der Waals surface area contributed by atoms with Crippen molar-refractivity contribution < 1.29 is 5.11 Å². The lowest BCUT2D eigenvalue weighted by atomic mass is 10.1. The predicted molar refractivity (Wildman–Crippen MR) is 79.9 cm³/mol. The van der Waals surface area contributed by atoms with E-state index < -0.39 is 0 Å². The molecule has 1 aromatic heterocycles. The van der Waals surface area contributed by atoms with Crippen LogP contribution >= 0.6 is 0 Å². The second-order valence-electron chi connectivity index (χ2n) is 5.20. The molecule has 2 heterocycles. The maximum atomic E-state index is 9.62. The summed E-state index contributed by atoms with van der Waals surface area (Å²) in [5.41, 5.74) is 3.40. The van der Waals surface area contributed by atoms with Crippen LogP contribution in [0.1, 0.15) is 12.0 Å². The molecule has 2 aromatic rings. The highest BCUT2D eigenvalue weighted by molar-refractivity contribution is 5.62. The zero-order valence-corrected chi connectivity index (χ0v) is 11.4. The lowest BCUT2D eigenvalue weighted by Crippen LogP contribution is -2.21. The first-order valence-electron chi connectivity index (χ1n) is 6.96. The van der Waals surface area contributed by atoms with Crippen molar-refractivity contribution in [2.45, 2.75) is 19.1 Å². The largest absolute Gasteiger partial charge is 0.392 e. The highest BCUT2D eigenvalue weighted by Gasteiger charge is 2.20. The van der Waals surface area contributed by atoms with Gasteiger partial charge in [-0.1, -0.05) is 18.2 Å². The monoisotopic (exact) mass is 269 g/mol. The SMILES string of the molecule is O[C@H]1CCN(Cc2ccccc2Nc2ccncc2)C1. The van der Waals surface area contributed by atoms with Crippen LogP contribution in [0.25, 0.3) is 0 Å². The van der Waals surface area contributed by atoms with Gasteiger partial charge in [0.2, 0.25) is 0 Å². The Hall–Kier alpha value is -1.91. The fraction of sp³-hybridized carbons (Fsp3) is 0.312. The fourth-order valence-corrected chi connectivity index (χ4v) is 2.57. The minimum Gasteiger partial charge on any atom is -0.392 e. The molecule has 0 unspecified atom stereocenters. The number of nitrogens with one attached hydrogen (secondary N) is 1. The van der Waals surface area contributed by atoms with Gasteiger partial charge in [0.15, 0.2) is 0 Å². The molecule has 20 heavy (non-hydrogen) atoms. The number of hydrogen-bond donors (Lipinski definition) is 2. The third-order valence-electron chi connectivity index (χ3n) is 3.62. The first-order valence-corrected chi connectivity index (χ1v) is 6.96. The lowest BCUT2D eigenvalue weighted by Gasteiger charge is -2.18. The number of anilines is 2. The average molecular weight is 269 g/mol. The van der Waals surface area contributed by atoms with Crippen molar-refractivity contribution in [3.63, 3.8) is 0 Å². The van der Waals surface area contributed by atoms with E-state index in [1.807, 2.05) is 18.2 Å². The van der Waals surface area contributed by atoms with E-state index in [0.717, 1.165) is 37.4 Å². The summed E-state index contributed by atoms with van der Waals surface area (Å²) >= 11 is 0. The minimum atomic E-state index is -0.171. The molecule has 0 saturated carbocycles. The summed E-state index contributed by atoms with van der Waals surface area (Å²) in [5.74, 6) is 0. The standard InChI is InChI=1S/C16H19N3O/c20-15-7-10-19(12-15)11-13-3-1-2-4-16(13)18-14-5-8-17-9-6-14/h1-6,8-9,15,20H,7,10-12H2,(H,17,18)/t15-/m0/s1. The molecule has 1 aliphatic rings. The Kier molecular flexibility index (Phi) is 3.95. The first kappa shape index (κ1) is 13.1. The molecule has 2 N–H and O–H groups in total. The molecule has 1 aliphatic heterocycles. The zero-order chi connectivity index (χ0) is 13.8. The van der Waals surface area contributed by atoms with Crippen LogP contribution in [0.2, 0.25) is 0 Å². The van der Waals surface area contributed by atoms with Crippen LogP contribution in [0.3, 0.4) is 0 Å². The Balaban J connectivity index is 1.74. The Morgan fingerprint density at radius 2 is 2.00 bits per heavy atom. The number of likely N-dealkylation sites (tertiary alicyclic amines) is 1. The Labute approximate surface area is 119 Å². The van der Waals surface area contributed by atoms with Crippen molar-refractivity contribution in [1.29, 1.82) is 0 Å². The van der Waals surface area contributed by atoms with Crippen molar-refractivity contribution >= 4 is 11.4 Å². The van der Waals surface area contributed by atoms with Gasteiger partial charge in [-0.05, 0) is 30.2 Å². The van der Waals surface area contributed by atoms with Gasteiger partial charge < -0.3 is 10.4 Å². The van der Waals surface area contributed by atoms with Crippen LogP contribution in [0.4, 0.5) is 11.4 Å². The topological polar surface area (TPSA) is 48.4 Å². The number of pyridine rings is 1. The van der Waals surface area contributed by atoms with Crippen molar-refractivity contribution in [1.82, 2.24) is 9.88 Å². The van der Waals surface area contributed by atoms with Crippen LogP contribution in [0, 0.1) is 0 Å². The number of β-amino-alcohol motifs (C(OH)–C–C–N with tert-alkyl or cyclic N) is 1. The molecule has 1 saturated heterocycles. The van der Waals surface area contributed by atoms with Gasteiger partial charge in [0.25, 0.3) is 0 Å². The molecule has 1 aromatic carbocycles. The van der Waals surface area contributed by atoms with Gasteiger partial charge in [-0.2, -0.15) is 0 Å².